The highest BCUT2D eigenvalue weighted by atomic mass is 79.9. The Balaban J connectivity index is 1.84. The number of nitrogens with zero attached hydrogens (tertiary/aromatic N) is 1. The van der Waals surface area contributed by atoms with E-state index in [1.54, 1.807) is 0 Å². The van der Waals surface area contributed by atoms with Gasteiger partial charge in [-0.05, 0) is 30.5 Å². The SMILES string of the molecule is Brc1ccc(C2(N3CCOCC3)CC2)cc1. The van der Waals surface area contributed by atoms with Gasteiger partial charge >= 0.3 is 0 Å². The Labute approximate surface area is 105 Å². The molecule has 1 aliphatic heterocycles. The van der Waals surface area contributed by atoms with Gasteiger partial charge in [0.15, 0.2) is 0 Å². The van der Waals surface area contributed by atoms with Crippen LogP contribution in [0.25, 0.3) is 0 Å². The number of benzene rings is 1. The predicted octanol–water partition coefficient (Wildman–Crippen LogP) is 2.77. The van der Waals surface area contributed by atoms with Crippen molar-refractivity contribution in [1.82, 2.24) is 4.90 Å². The van der Waals surface area contributed by atoms with E-state index >= 15 is 0 Å². The standard InChI is InChI=1S/C13H16BrNO/c14-12-3-1-11(2-4-12)13(5-6-13)15-7-9-16-10-8-15/h1-4H,5-10H2. The smallest absolute Gasteiger partial charge is 0.0594 e. The fourth-order valence-corrected chi connectivity index (χ4v) is 2.92. The molecule has 2 fully saturated rings. The van der Waals surface area contributed by atoms with Gasteiger partial charge in [-0.3, -0.25) is 4.90 Å². The summed E-state index contributed by atoms with van der Waals surface area (Å²) in [6.07, 6.45) is 2.60. The summed E-state index contributed by atoms with van der Waals surface area (Å²) in [4.78, 5) is 2.60. The fraction of sp³-hybridized carbons (Fsp3) is 0.538. The molecule has 3 heteroatoms. The highest BCUT2D eigenvalue weighted by molar-refractivity contribution is 9.10. The zero-order valence-corrected chi connectivity index (χ0v) is 10.9. The van der Waals surface area contributed by atoms with E-state index in [1.165, 1.54) is 18.4 Å². The van der Waals surface area contributed by atoms with Crippen LogP contribution in [0.1, 0.15) is 18.4 Å². The molecule has 0 spiro atoms. The second-order valence-electron chi connectivity index (χ2n) is 4.64. The number of rotatable bonds is 2. The van der Waals surface area contributed by atoms with Crippen molar-refractivity contribution < 1.29 is 4.74 Å². The first kappa shape index (κ1) is 10.8. The summed E-state index contributed by atoms with van der Waals surface area (Å²) in [5.41, 5.74) is 1.81. The average Bonchev–Trinajstić information content (AvgIpc) is 3.13. The predicted molar refractivity (Wildman–Crippen MR) is 67.4 cm³/mol. The first-order chi connectivity index (χ1) is 7.81. The van der Waals surface area contributed by atoms with Gasteiger partial charge in [-0.25, -0.2) is 0 Å². The number of hydrogen-bond acceptors (Lipinski definition) is 2. The molecule has 1 heterocycles. The summed E-state index contributed by atoms with van der Waals surface area (Å²) >= 11 is 3.50. The number of halogens is 1. The summed E-state index contributed by atoms with van der Waals surface area (Å²) < 4.78 is 6.59. The lowest BCUT2D eigenvalue weighted by molar-refractivity contribution is 0.00835. The minimum atomic E-state index is 0.338. The maximum absolute atomic E-state index is 5.43. The minimum absolute atomic E-state index is 0.338. The summed E-state index contributed by atoms with van der Waals surface area (Å²) in [6.45, 7) is 3.93. The lowest BCUT2D eigenvalue weighted by Crippen LogP contribution is -2.43. The fourth-order valence-electron chi connectivity index (χ4n) is 2.66. The van der Waals surface area contributed by atoms with Crippen LogP contribution in [-0.4, -0.2) is 31.2 Å². The molecule has 2 nitrogen and oxygen atoms in total. The van der Waals surface area contributed by atoms with E-state index < -0.39 is 0 Å². The third-order valence-electron chi connectivity index (χ3n) is 3.72. The van der Waals surface area contributed by atoms with Gasteiger partial charge < -0.3 is 4.74 Å². The van der Waals surface area contributed by atoms with Crippen LogP contribution in [0.4, 0.5) is 0 Å². The van der Waals surface area contributed by atoms with Crippen LogP contribution in [0.2, 0.25) is 0 Å². The molecule has 3 rings (SSSR count). The van der Waals surface area contributed by atoms with Crippen molar-refractivity contribution in [3.63, 3.8) is 0 Å². The second-order valence-corrected chi connectivity index (χ2v) is 5.55. The van der Waals surface area contributed by atoms with Crippen molar-refractivity contribution in [2.24, 2.45) is 0 Å². The first-order valence-corrected chi connectivity index (χ1v) is 6.69. The van der Waals surface area contributed by atoms with E-state index in [4.69, 9.17) is 4.74 Å². The number of ether oxygens (including phenoxy) is 1. The third-order valence-corrected chi connectivity index (χ3v) is 4.25. The molecule has 16 heavy (non-hydrogen) atoms. The van der Waals surface area contributed by atoms with E-state index in [9.17, 15) is 0 Å². The number of hydrogen-bond donors (Lipinski definition) is 0. The second kappa shape index (κ2) is 4.13. The van der Waals surface area contributed by atoms with Crippen LogP contribution >= 0.6 is 15.9 Å². The van der Waals surface area contributed by atoms with E-state index in [-0.39, 0.29) is 0 Å². The molecule has 0 unspecified atom stereocenters. The minimum Gasteiger partial charge on any atom is -0.379 e. The molecule has 1 aromatic carbocycles. The topological polar surface area (TPSA) is 12.5 Å². The van der Waals surface area contributed by atoms with Gasteiger partial charge in [-0.15, -0.1) is 0 Å². The quantitative estimate of drug-likeness (QED) is 0.827. The maximum atomic E-state index is 5.43. The maximum Gasteiger partial charge on any atom is 0.0594 e. The molecule has 0 N–H and O–H groups in total. The van der Waals surface area contributed by atoms with E-state index in [2.05, 4.69) is 45.1 Å². The third kappa shape index (κ3) is 1.81. The van der Waals surface area contributed by atoms with Crippen LogP contribution < -0.4 is 0 Å². The highest BCUT2D eigenvalue weighted by Crippen LogP contribution is 2.51. The van der Waals surface area contributed by atoms with Gasteiger partial charge in [0.25, 0.3) is 0 Å². The molecule has 0 aromatic heterocycles. The Hall–Kier alpha value is -0.380. The Bertz CT molecular complexity index is 366. The molecule has 1 aromatic rings. The van der Waals surface area contributed by atoms with Gasteiger partial charge in [-0.1, -0.05) is 28.1 Å². The van der Waals surface area contributed by atoms with Crippen LogP contribution in [-0.2, 0) is 10.3 Å². The lowest BCUT2D eigenvalue weighted by atomic mass is 10.0. The van der Waals surface area contributed by atoms with Crippen LogP contribution in [0.15, 0.2) is 28.7 Å². The van der Waals surface area contributed by atoms with Crippen LogP contribution in [0.3, 0.4) is 0 Å². The Morgan fingerprint density at radius 2 is 1.69 bits per heavy atom. The first-order valence-electron chi connectivity index (χ1n) is 5.90. The van der Waals surface area contributed by atoms with Gasteiger partial charge in [0.05, 0.1) is 13.2 Å². The largest absolute Gasteiger partial charge is 0.379 e. The number of morpholine rings is 1. The van der Waals surface area contributed by atoms with E-state index in [1.807, 2.05) is 0 Å². The molecule has 0 bridgehead atoms. The van der Waals surface area contributed by atoms with Crippen molar-refractivity contribution >= 4 is 15.9 Å². The van der Waals surface area contributed by atoms with Gasteiger partial charge in [0.1, 0.15) is 0 Å². The van der Waals surface area contributed by atoms with Gasteiger partial charge in [0, 0.05) is 23.1 Å². The van der Waals surface area contributed by atoms with Crippen LogP contribution in [0.5, 0.6) is 0 Å². The molecule has 0 radical (unpaired) electrons. The molecular weight excluding hydrogens is 266 g/mol. The van der Waals surface area contributed by atoms with Gasteiger partial charge in [-0.2, -0.15) is 0 Å². The Morgan fingerprint density at radius 3 is 2.25 bits per heavy atom. The average molecular weight is 282 g/mol. The van der Waals surface area contributed by atoms with Crippen molar-refractivity contribution in [2.45, 2.75) is 18.4 Å². The summed E-state index contributed by atoms with van der Waals surface area (Å²) in [6, 6.07) is 8.81. The molecule has 1 saturated heterocycles. The summed E-state index contributed by atoms with van der Waals surface area (Å²) in [5, 5.41) is 0. The van der Waals surface area contributed by atoms with E-state index in [0.29, 0.717) is 5.54 Å². The molecular formula is C13H16BrNO. The van der Waals surface area contributed by atoms with Crippen molar-refractivity contribution in [3.05, 3.63) is 34.3 Å². The monoisotopic (exact) mass is 281 g/mol. The summed E-state index contributed by atoms with van der Waals surface area (Å²) in [7, 11) is 0. The normalized spacial score (nSPS) is 24.3. The van der Waals surface area contributed by atoms with Crippen LogP contribution in [0, 0.1) is 0 Å². The lowest BCUT2D eigenvalue weighted by Gasteiger charge is -2.35. The molecule has 1 saturated carbocycles. The highest BCUT2D eigenvalue weighted by Gasteiger charge is 2.49. The summed E-state index contributed by atoms with van der Waals surface area (Å²) in [5.74, 6) is 0. The van der Waals surface area contributed by atoms with Gasteiger partial charge in [0.2, 0.25) is 0 Å². The van der Waals surface area contributed by atoms with E-state index in [0.717, 1.165) is 30.8 Å². The van der Waals surface area contributed by atoms with Crippen molar-refractivity contribution in [2.75, 3.05) is 26.3 Å². The zero-order chi connectivity index (χ0) is 11.0. The molecule has 86 valence electrons. The molecule has 1 aliphatic carbocycles. The molecule has 0 amide bonds. The zero-order valence-electron chi connectivity index (χ0n) is 9.29. The van der Waals surface area contributed by atoms with Crippen molar-refractivity contribution in [3.8, 4) is 0 Å². The van der Waals surface area contributed by atoms with Crippen molar-refractivity contribution in [1.29, 1.82) is 0 Å². The Kier molecular flexibility index (Phi) is 2.78. The molecule has 2 aliphatic rings. The molecule has 0 atom stereocenters. The Morgan fingerprint density at radius 1 is 1.06 bits per heavy atom.